The van der Waals surface area contributed by atoms with E-state index in [9.17, 15) is 14.4 Å². The van der Waals surface area contributed by atoms with Gasteiger partial charge in [-0.25, -0.2) is 4.79 Å². The van der Waals surface area contributed by atoms with Crippen LogP contribution in [0.5, 0.6) is 5.75 Å². The molecular formula is C26H26N2O5. The zero-order chi connectivity index (χ0) is 23.6. The highest BCUT2D eigenvalue weighted by Crippen LogP contribution is 2.17. The Morgan fingerprint density at radius 2 is 1.58 bits per heavy atom. The van der Waals surface area contributed by atoms with Gasteiger partial charge in [0.05, 0.1) is 13.0 Å². The summed E-state index contributed by atoms with van der Waals surface area (Å²) in [6, 6.07) is 21.3. The normalized spacial score (nSPS) is 10.2. The third-order valence-corrected chi connectivity index (χ3v) is 4.80. The van der Waals surface area contributed by atoms with Crippen molar-refractivity contribution in [2.75, 3.05) is 11.9 Å². The van der Waals surface area contributed by atoms with Crippen LogP contribution in [0.1, 0.15) is 34.0 Å². The van der Waals surface area contributed by atoms with Gasteiger partial charge in [0.1, 0.15) is 5.75 Å². The van der Waals surface area contributed by atoms with Crippen LogP contribution < -0.4 is 15.4 Å². The highest BCUT2D eigenvalue weighted by Gasteiger charge is 2.11. The molecule has 0 aliphatic rings. The third-order valence-electron chi connectivity index (χ3n) is 4.80. The Labute approximate surface area is 192 Å². The van der Waals surface area contributed by atoms with Crippen LogP contribution in [0, 0.1) is 6.92 Å². The number of carbonyl (C=O) groups is 3. The van der Waals surface area contributed by atoms with Gasteiger partial charge < -0.3 is 20.1 Å². The fourth-order valence-corrected chi connectivity index (χ4v) is 3.08. The first-order valence-electron chi connectivity index (χ1n) is 10.6. The van der Waals surface area contributed by atoms with Crippen molar-refractivity contribution in [3.8, 4) is 5.75 Å². The largest absolute Gasteiger partial charge is 0.513 e. The number of ether oxygens (including phenoxy) is 2. The van der Waals surface area contributed by atoms with Gasteiger partial charge >= 0.3 is 6.16 Å². The number of amides is 2. The van der Waals surface area contributed by atoms with Crippen LogP contribution in [0.2, 0.25) is 0 Å². The molecule has 0 aliphatic heterocycles. The van der Waals surface area contributed by atoms with Gasteiger partial charge in [-0.15, -0.1) is 0 Å². The molecule has 33 heavy (non-hydrogen) atoms. The van der Waals surface area contributed by atoms with Crippen LogP contribution in [0.3, 0.4) is 0 Å². The summed E-state index contributed by atoms with van der Waals surface area (Å²) in [5.41, 5.74) is 3.91. The molecule has 0 aliphatic carbocycles. The van der Waals surface area contributed by atoms with Crippen LogP contribution in [0.25, 0.3) is 0 Å². The van der Waals surface area contributed by atoms with Crippen molar-refractivity contribution >= 4 is 23.7 Å². The number of hydrogen-bond donors (Lipinski definition) is 2. The zero-order valence-corrected chi connectivity index (χ0v) is 18.6. The lowest BCUT2D eigenvalue weighted by Crippen LogP contribution is -2.24. The minimum Gasteiger partial charge on any atom is -0.434 e. The second kappa shape index (κ2) is 11.5. The van der Waals surface area contributed by atoms with E-state index in [4.69, 9.17) is 9.47 Å². The van der Waals surface area contributed by atoms with E-state index in [1.54, 1.807) is 25.1 Å². The second-order valence-electron chi connectivity index (χ2n) is 7.36. The highest BCUT2D eigenvalue weighted by molar-refractivity contribution is 5.95. The summed E-state index contributed by atoms with van der Waals surface area (Å²) >= 11 is 0. The predicted molar refractivity (Wildman–Crippen MR) is 125 cm³/mol. The number of aryl methyl sites for hydroxylation is 1. The maximum atomic E-state index is 12.5. The maximum absolute atomic E-state index is 12.5. The van der Waals surface area contributed by atoms with Crippen molar-refractivity contribution in [3.05, 3.63) is 95.1 Å². The quantitative estimate of drug-likeness (QED) is 0.388. The van der Waals surface area contributed by atoms with Crippen molar-refractivity contribution < 1.29 is 23.9 Å². The number of hydrogen-bond acceptors (Lipinski definition) is 5. The molecule has 0 fully saturated rings. The lowest BCUT2D eigenvalue weighted by molar-refractivity contribution is -0.115. The Bertz CT molecular complexity index is 1110. The van der Waals surface area contributed by atoms with Crippen molar-refractivity contribution in [1.29, 1.82) is 0 Å². The predicted octanol–water partition coefficient (Wildman–Crippen LogP) is 4.64. The molecule has 0 radical (unpaired) electrons. The van der Waals surface area contributed by atoms with Crippen molar-refractivity contribution in [1.82, 2.24) is 5.32 Å². The minimum atomic E-state index is -0.796. The smallest absolute Gasteiger partial charge is 0.434 e. The average molecular weight is 447 g/mol. The molecule has 7 nitrogen and oxygen atoms in total. The zero-order valence-electron chi connectivity index (χ0n) is 18.6. The van der Waals surface area contributed by atoms with E-state index in [-0.39, 0.29) is 37.1 Å². The molecule has 3 aromatic rings. The van der Waals surface area contributed by atoms with Crippen LogP contribution in [-0.4, -0.2) is 24.6 Å². The number of nitrogens with one attached hydrogen (secondary N) is 2. The van der Waals surface area contributed by atoms with E-state index < -0.39 is 6.16 Å². The van der Waals surface area contributed by atoms with Gasteiger partial charge in [0.2, 0.25) is 5.91 Å². The topological polar surface area (TPSA) is 93.7 Å². The van der Waals surface area contributed by atoms with Crippen molar-refractivity contribution in [2.24, 2.45) is 0 Å². The number of benzene rings is 3. The Morgan fingerprint density at radius 1 is 0.879 bits per heavy atom. The number of rotatable bonds is 8. The number of para-hydroxylation sites is 1. The van der Waals surface area contributed by atoms with E-state index in [1.807, 2.05) is 49.4 Å². The van der Waals surface area contributed by atoms with Gasteiger partial charge in [0.15, 0.2) is 0 Å². The van der Waals surface area contributed by atoms with E-state index >= 15 is 0 Å². The summed E-state index contributed by atoms with van der Waals surface area (Å²) in [5.74, 6) is -0.139. The van der Waals surface area contributed by atoms with E-state index in [0.717, 1.165) is 16.7 Å². The van der Waals surface area contributed by atoms with E-state index in [2.05, 4.69) is 10.6 Å². The van der Waals surface area contributed by atoms with Crippen LogP contribution in [0.15, 0.2) is 72.8 Å². The SMILES string of the molecule is CCOC(=O)Oc1ccc(C(=O)NCc2ccccc2NC(=O)Cc2ccc(C)cc2)cc1. The number of anilines is 1. The molecule has 7 heteroatoms. The summed E-state index contributed by atoms with van der Waals surface area (Å²) in [6.45, 7) is 4.14. The van der Waals surface area contributed by atoms with Gasteiger partial charge in [0.25, 0.3) is 5.91 Å². The van der Waals surface area contributed by atoms with Crippen molar-refractivity contribution in [2.45, 2.75) is 26.8 Å². The minimum absolute atomic E-state index is 0.130. The van der Waals surface area contributed by atoms with E-state index in [1.165, 1.54) is 12.1 Å². The Kier molecular flexibility index (Phi) is 8.18. The number of carbonyl (C=O) groups excluding carboxylic acids is 3. The molecule has 0 aromatic heterocycles. The molecule has 0 bridgehead atoms. The van der Waals surface area contributed by atoms with Gasteiger partial charge in [0, 0.05) is 17.8 Å². The summed E-state index contributed by atoms with van der Waals surface area (Å²) < 4.78 is 9.70. The summed E-state index contributed by atoms with van der Waals surface area (Å²) in [5, 5.41) is 5.77. The molecule has 0 atom stereocenters. The van der Waals surface area contributed by atoms with Crippen molar-refractivity contribution in [3.63, 3.8) is 0 Å². The van der Waals surface area contributed by atoms with Gasteiger partial charge in [-0.3, -0.25) is 9.59 Å². The molecule has 0 saturated carbocycles. The molecule has 170 valence electrons. The molecule has 3 rings (SSSR count). The highest BCUT2D eigenvalue weighted by atomic mass is 16.7. The monoisotopic (exact) mass is 446 g/mol. The van der Waals surface area contributed by atoms with E-state index in [0.29, 0.717) is 11.3 Å². The Balaban J connectivity index is 1.57. The molecule has 0 heterocycles. The standard InChI is InChI=1S/C26H26N2O5/c1-3-32-26(31)33-22-14-12-20(13-15-22)25(30)27-17-21-6-4-5-7-23(21)28-24(29)16-19-10-8-18(2)9-11-19/h4-15H,3,16-17H2,1-2H3,(H,27,30)(H,28,29). The van der Waals surface area contributed by atoms with Gasteiger partial charge in [-0.05, 0) is 55.3 Å². The second-order valence-corrected chi connectivity index (χ2v) is 7.36. The first kappa shape index (κ1) is 23.5. The lowest BCUT2D eigenvalue weighted by atomic mass is 10.1. The Morgan fingerprint density at radius 3 is 2.27 bits per heavy atom. The van der Waals surface area contributed by atoms with Crippen LogP contribution in [0.4, 0.5) is 10.5 Å². The fraction of sp³-hybridized carbons (Fsp3) is 0.192. The summed E-state index contributed by atoms with van der Waals surface area (Å²) in [4.78, 5) is 36.4. The molecule has 3 aromatic carbocycles. The average Bonchev–Trinajstić information content (AvgIpc) is 2.80. The first-order valence-corrected chi connectivity index (χ1v) is 10.6. The molecular weight excluding hydrogens is 420 g/mol. The van der Waals surface area contributed by atoms with Gasteiger partial charge in [-0.1, -0.05) is 48.0 Å². The Hall–Kier alpha value is -4.13. The molecule has 0 saturated heterocycles. The van der Waals surface area contributed by atoms with Gasteiger partial charge in [-0.2, -0.15) is 0 Å². The molecule has 0 unspecified atom stereocenters. The molecule has 0 spiro atoms. The molecule has 2 N–H and O–H groups in total. The lowest BCUT2D eigenvalue weighted by Gasteiger charge is -2.12. The first-order chi connectivity index (χ1) is 15.9. The fourth-order valence-electron chi connectivity index (χ4n) is 3.08. The summed E-state index contributed by atoms with van der Waals surface area (Å²) in [7, 11) is 0. The maximum Gasteiger partial charge on any atom is 0.513 e. The van der Waals surface area contributed by atoms with Crippen LogP contribution in [-0.2, 0) is 22.5 Å². The molecule has 2 amide bonds. The third kappa shape index (κ3) is 7.21. The summed E-state index contributed by atoms with van der Waals surface area (Å²) in [6.07, 6.45) is -0.531. The van der Waals surface area contributed by atoms with Crippen LogP contribution >= 0.6 is 0 Å².